The summed E-state index contributed by atoms with van der Waals surface area (Å²) in [4.78, 5) is 14.8. The second kappa shape index (κ2) is 11.6. The summed E-state index contributed by atoms with van der Waals surface area (Å²) in [5.41, 5.74) is 1.86. The van der Waals surface area contributed by atoms with Crippen LogP contribution in [-0.4, -0.2) is 58.9 Å². The normalized spacial score (nSPS) is 14.6. The highest BCUT2D eigenvalue weighted by molar-refractivity contribution is 5.94. The van der Waals surface area contributed by atoms with Crippen molar-refractivity contribution in [3.8, 4) is 23.0 Å². The van der Waals surface area contributed by atoms with Crippen LogP contribution in [0.4, 0.5) is 5.69 Å². The lowest BCUT2D eigenvalue weighted by molar-refractivity contribution is -0.117. The Morgan fingerprint density at radius 2 is 1.56 bits per heavy atom. The Labute approximate surface area is 190 Å². The van der Waals surface area contributed by atoms with E-state index in [1.165, 1.54) is 5.56 Å². The van der Waals surface area contributed by atoms with Crippen LogP contribution in [0.15, 0.2) is 36.4 Å². The van der Waals surface area contributed by atoms with Crippen molar-refractivity contribution in [2.45, 2.75) is 25.7 Å². The number of ether oxygens (including phenoxy) is 4. The zero-order valence-electron chi connectivity index (χ0n) is 19.5. The van der Waals surface area contributed by atoms with Gasteiger partial charge in [0.25, 0.3) is 0 Å². The van der Waals surface area contributed by atoms with Crippen molar-refractivity contribution in [1.29, 1.82) is 0 Å². The largest absolute Gasteiger partial charge is 0.497 e. The Hall–Kier alpha value is -2.93. The Balaban J connectivity index is 1.45. The maximum absolute atomic E-state index is 12.6. The van der Waals surface area contributed by atoms with Gasteiger partial charge in [-0.15, -0.1) is 0 Å². The number of hydrogen-bond acceptors (Lipinski definition) is 6. The van der Waals surface area contributed by atoms with Crippen LogP contribution < -0.4 is 24.3 Å². The minimum atomic E-state index is -0.0431. The summed E-state index contributed by atoms with van der Waals surface area (Å²) in [5, 5.41) is 2.95. The highest BCUT2D eigenvalue weighted by Crippen LogP contribution is 2.29. The monoisotopic (exact) mass is 442 g/mol. The third-order valence-corrected chi connectivity index (χ3v) is 6.01. The first-order valence-electron chi connectivity index (χ1n) is 11.0. The zero-order chi connectivity index (χ0) is 22.9. The lowest BCUT2D eigenvalue weighted by Crippen LogP contribution is -2.39. The van der Waals surface area contributed by atoms with Crippen LogP contribution in [0, 0.1) is 5.92 Å². The molecule has 0 unspecified atom stereocenters. The number of nitrogens with zero attached hydrogens (tertiary/aromatic N) is 1. The van der Waals surface area contributed by atoms with E-state index in [4.69, 9.17) is 18.9 Å². The molecule has 32 heavy (non-hydrogen) atoms. The van der Waals surface area contributed by atoms with Gasteiger partial charge in [0.2, 0.25) is 5.91 Å². The molecule has 7 nitrogen and oxygen atoms in total. The number of anilines is 1. The fraction of sp³-hybridized carbons (Fsp3) is 0.480. The summed E-state index contributed by atoms with van der Waals surface area (Å²) in [6.07, 6.45) is 4.31. The van der Waals surface area contributed by atoms with Crippen LogP contribution in [0.25, 0.3) is 0 Å². The summed E-state index contributed by atoms with van der Waals surface area (Å²) >= 11 is 0. The number of amides is 1. The second-order valence-corrected chi connectivity index (χ2v) is 8.09. The van der Waals surface area contributed by atoms with Gasteiger partial charge in [0.1, 0.15) is 23.0 Å². The van der Waals surface area contributed by atoms with Crippen molar-refractivity contribution in [1.82, 2.24) is 4.90 Å². The third kappa shape index (κ3) is 6.53. The average Bonchev–Trinajstić information content (AvgIpc) is 2.83. The van der Waals surface area contributed by atoms with Crippen molar-refractivity contribution < 1.29 is 23.7 Å². The molecule has 1 N–H and O–H groups in total. The van der Waals surface area contributed by atoms with Crippen LogP contribution in [0.5, 0.6) is 23.0 Å². The Bertz CT molecular complexity index is 872. The summed E-state index contributed by atoms with van der Waals surface area (Å²) in [7, 11) is 6.54. The van der Waals surface area contributed by atoms with Gasteiger partial charge in [0.15, 0.2) is 0 Å². The van der Waals surface area contributed by atoms with Gasteiger partial charge in [-0.3, -0.25) is 9.69 Å². The van der Waals surface area contributed by atoms with Gasteiger partial charge in [-0.05, 0) is 74.5 Å². The number of likely N-dealkylation sites (tertiary alicyclic amines) is 1. The van der Waals surface area contributed by atoms with E-state index in [0.717, 1.165) is 50.3 Å². The quantitative estimate of drug-likeness (QED) is 0.600. The topological polar surface area (TPSA) is 69.3 Å². The molecule has 3 rings (SSSR count). The molecular weight excluding hydrogens is 408 g/mol. The van der Waals surface area contributed by atoms with Crippen LogP contribution in [-0.2, 0) is 11.2 Å². The molecular formula is C25H34N2O5. The number of carbonyl (C=O) groups excluding carboxylic acids is 1. The smallest absolute Gasteiger partial charge is 0.238 e. The van der Waals surface area contributed by atoms with E-state index in [2.05, 4.69) is 22.3 Å². The third-order valence-electron chi connectivity index (χ3n) is 6.01. The summed E-state index contributed by atoms with van der Waals surface area (Å²) in [6.45, 7) is 2.23. The van der Waals surface area contributed by atoms with Gasteiger partial charge in [-0.1, -0.05) is 0 Å². The fourth-order valence-electron chi connectivity index (χ4n) is 4.12. The van der Waals surface area contributed by atoms with Crippen LogP contribution in [0.2, 0.25) is 0 Å². The van der Waals surface area contributed by atoms with Crippen molar-refractivity contribution in [3.05, 3.63) is 42.0 Å². The van der Waals surface area contributed by atoms with Crippen molar-refractivity contribution in [3.63, 3.8) is 0 Å². The molecule has 174 valence electrons. The van der Waals surface area contributed by atoms with E-state index in [1.807, 2.05) is 6.07 Å². The van der Waals surface area contributed by atoms with Crippen LogP contribution in [0.3, 0.4) is 0 Å². The molecule has 1 aliphatic rings. The van der Waals surface area contributed by atoms with Crippen LogP contribution >= 0.6 is 0 Å². The molecule has 2 aromatic rings. The van der Waals surface area contributed by atoms with E-state index in [-0.39, 0.29) is 5.91 Å². The molecule has 1 aliphatic heterocycles. The highest BCUT2D eigenvalue weighted by atomic mass is 16.5. The Morgan fingerprint density at radius 1 is 0.906 bits per heavy atom. The number of benzene rings is 2. The van der Waals surface area contributed by atoms with Gasteiger partial charge in [-0.2, -0.15) is 0 Å². The van der Waals surface area contributed by atoms with E-state index in [9.17, 15) is 4.79 Å². The molecule has 1 heterocycles. The number of aryl methyl sites for hydroxylation is 1. The molecule has 0 aliphatic carbocycles. The van der Waals surface area contributed by atoms with Gasteiger partial charge < -0.3 is 24.3 Å². The zero-order valence-corrected chi connectivity index (χ0v) is 19.5. The van der Waals surface area contributed by atoms with Gasteiger partial charge >= 0.3 is 0 Å². The van der Waals surface area contributed by atoms with Gasteiger partial charge in [-0.25, -0.2) is 0 Å². The molecule has 1 fully saturated rings. The molecule has 0 atom stereocenters. The molecule has 0 spiro atoms. The average molecular weight is 443 g/mol. The number of methoxy groups -OCH3 is 4. The first kappa shape index (κ1) is 23.7. The lowest BCUT2D eigenvalue weighted by atomic mass is 9.90. The number of hydrogen-bond donors (Lipinski definition) is 1. The first-order valence-corrected chi connectivity index (χ1v) is 11.0. The Kier molecular flexibility index (Phi) is 8.62. The second-order valence-electron chi connectivity index (χ2n) is 8.09. The lowest BCUT2D eigenvalue weighted by Gasteiger charge is -2.31. The number of piperidine rings is 1. The minimum Gasteiger partial charge on any atom is -0.497 e. The molecule has 0 aromatic heterocycles. The maximum Gasteiger partial charge on any atom is 0.238 e. The van der Waals surface area contributed by atoms with E-state index in [1.54, 1.807) is 46.6 Å². The number of rotatable bonds is 10. The molecule has 7 heteroatoms. The van der Waals surface area contributed by atoms with E-state index >= 15 is 0 Å². The van der Waals surface area contributed by atoms with E-state index < -0.39 is 0 Å². The summed E-state index contributed by atoms with van der Waals surface area (Å²) < 4.78 is 21.3. The minimum absolute atomic E-state index is 0.0431. The molecule has 2 aromatic carbocycles. The molecule has 0 saturated carbocycles. The van der Waals surface area contributed by atoms with E-state index in [0.29, 0.717) is 29.6 Å². The number of carbonyl (C=O) groups is 1. The molecule has 1 amide bonds. The number of nitrogens with one attached hydrogen (secondary N) is 1. The van der Waals surface area contributed by atoms with Crippen molar-refractivity contribution in [2.24, 2.45) is 5.92 Å². The predicted octanol–water partition coefficient (Wildman–Crippen LogP) is 4.00. The van der Waals surface area contributed by atoms with Crippen LogP contribution in [0.1, 0.15) is 24.8 Å². The summed E-state index contributed by atoms with van der Waals surface area (Å²) in [5.74, 6) is 3.56. The molecule has 0 bridgehead atoms. The molecule has 0 radical (unpaired) electrons. The Morgan fingerprint density at radius 3 is 2.16 bits per heavy atom. The summed E-state index contributed by atoms with van der Waals surface area (Å²) in [6, 6.07) is 11.4. The fourth-order valence-corrected chi connectivity index (χ4v) is 4.12. The highest BCUT2D eigenvalue weighted by Gasteiger charge is 2.21. The predicted molar refractivity (Wildman–Crippen MR) is 125 cm³/mol. The first-order chi connectivity index (χ1) is 15.5. The standard InChI is InChI=1S/C25H34N2O5/c1-29-20-7-8-24(32-4)23(16-20)26-25(28)17-27-11-9-18(10-12-27)5-6-19-13-21(30-2)15-22(14-19)31-3/h7-8,13-16,18H,5-6,9-12,17H2,1-4H3,(H,26,28). The van der Waals surface area contributed by atoms with Gasteiger partial charge in [0.05, 0.1) is 40.7 Å². The van der Waals surface area contributed by atoms with Crippen molar-refractivity contribution in [2.75, 3.05) is 53.4 Å². The SMILES string of the molecule is COc1cc(CCC2CCN(CC(=O)Nc3cc(OC)ccc3OC)CC2)cc(OC)c1. The van der Waals surface area contributed by atoms with Gasteiger partial charge in [0, 0.05) is 12.1 Å². The molecule has 1 saturated heterocycles. The maximum atomic E-state index is 12.6. The van der Waals surface area contributed by atoms with Crippen molar-refractivity contribution >= 4 is 11.6 Å².